The molecule has 25 heavy (non-hydrogen) atoms. The number of nitrogens with one attached hydrogen (secondary N) is 2. The number of hydrogen-bond acceptors (Lipinski definition) is 3. The summed E-state index contributed by atoms with van der Waals surface area (Å²) in [5.41, 5.74) is 2.06. The smallest absolute Gasteiger partial charge is 0.221 e. The van der Waals surface area contributed by atoms with Gasteiger partial charge < -0.3 is 20.3 Å². The maximum atomic E-state index is 11.0. The van der Waals surface area contributed by atoms with E-state index in [-0.39, 0.29) is 5.91 Å². The maximum absolute atomic E-state index is 11.0. The van der Waals surface area contributed by atoms with Gasteiger partial charge in [0.1, 0.15) is 0 Å². The lowest BCUT2D eigenvalue weighted by Crippen LogP contribution is -2.47. The van der Waals surface area contributed by atoms with E-state index in [9.17, 15) is 4.79 Å². The van der Waals surface area contributed by atoms with Gasteiger partial charge in [0.25, 0.3) is 0 Å². The van der Waals surface area contributed by atoms with Gasteiger partial charge >= 0.3 is 0 Å². The van der Waals surface area contributed by atoms with E-state index in [2.05, 4.69) is 27.4 Å². The molecule has 0 bridgehead atoms. The zero-order valence-electron chi connectivity index (χ0n) is 15.5. The Balaban J connectivity index is 1.75. The van der Waals surface area contributed by atoms with Crippen LogP contribution in [-0.2, 0) is 16.0 Å². The first kappa shape index (κ1) is 19.2. The van der Waals surface area contributed by atoms with E-state index >= 15 is 0 Å². The van der Waals surface area contributed by atoms with Crippen LogP contribution in [0.3, 0.4) is 0 Å². The summed E-state index contributed by atoms with van der Waals surface area (Å²) in [6, 6.07) is 7.96. The minimum absolute atomic E-state index is 0.0497. The highest BCUT2D eigenvalue weighted by Gasteiger charge is 2.21. The molecule has 6 heteroatoms. The predicted molar refractivity (Wildman–Crippen MR) is 102 cm³/mol. The number of likely N-dealkylation sites (tertiary alicyclic amines) is 1. The molecule has 0 aromatic heterocycles. The van der Waals surface area contributed by atoms with E-state index in [1.165, 1.54) is 12.5 Å². The topological polar surface area (TPSA) is 66.0 Å². The second kappa shape index (κ2) is 10.0. The fourth-order valence-corrected chi connectivity index (χ4v) is 3.08. The lowest BCUT2D eigenvalue weighted by Gasteiger charge is -2.34. The molecule has 0 radical (unpaired) electrons. The van der Waals surface area contributed by atoms with Gasteiger partial charge in [-0.15, -0.1) is 0 Å². The number of carbonyl (C=O) groups is 1. The summed E-state index contributed by atoms with van der Waals surface area (Å²) in [5, 5.41) is 6.23. The van der Waals surface area contributed by atoms with E-state index in [4.69, 9.17) is 4.74 Å². The summed E-state index contributed by atoms with van der Waals surface area (Å²) in [6.07, 6.45) is 3.41. The van der Waals surface area contributed by atoms with Crippen molar-refractivity contribution in [2.75, 3.05) is 38.6 Å². The van der Waals surface area contributed by atoms with Crippen LogP contribution in [0, 0.1) is 0 Å². The van der Waals surface area contributed by atoms with Crippen molar-refractivity contribution >= 4 is 17.6 Å². The molecular weight excluding hydrogens is 316 g/mol. The Labute approximate surface area is 150 Å². The molecule has 1 saturated heterocycles. The summed E-state index contributed by atoms with van der Waals surface area (Å²) >= 11 is 0. The molecule has 1 aromatic rings. The van der Waals surface area contributed by atoms with Crippen molar-refractivity contribution in [2.24, 2.45) is 4.99 Å². The van der Waals surface area contributed by atoms with Gasteiger partial charge in [-0.2, -0.15) is 0 Å². The molecule has 6 nitrogen and oxygen atoms in total. The second-order valence-electron chi connectivity index (χ2n) is 6.24. The Hall–Kier alpha value is -2.08. The van der Waals surface area contributed by atoms with Crippen molar-refractivity contribution in [3.63, 3.8) is 0 Å². The first-order valence-corrected chi connectivity index (χ1v) is 9.06. The number of nitrogens with zero attached hydrogens (tertiary/aromatic N) is 2. The summed E-state index contributed by atoms with van der Waals surface area (Å²) < 4.78 is 5.70. The molecule has 0 unspecified atom stereocenters. The van der Waals surface area contributed by atoms with Gasteiger partial charge in [0.15, 0.2) is 5.96 Å². The van der Waals surface area contributed by atoms with Crippen molar-refractivity contribution in [3.8, 4) is 0 Å². The molecular formula is C19H30N4O2. The molecule has 2 N–H and O–H groups in total. The normalized spacial score (nSPS) is 16.0. The van der Waals surface area contributed by atoms with Gasteiger partial charge in [-0.1, -0.05) is 12.1 Å². The van der Waals surface area contributed by atoms with E-state index in [0.717, 1.165) is 57.2 Å². The molecule has 1 fully saturated rings. The van der Waals surface area contributed by atoms with E-state index in [0.29, 0.717) is 6.10 Å². The zero-order chi connectivity index (χ0) is 18.1. The van der Waals surface area contributed by atoms with Crippen molar-refractivity contribution in [1.82, 2.24) is 10.2 Å². The van der Waals surface area contributed by atoms with Crippen LogP contribution in [-0.4, -0.2) is 56.2 Å². The van der Waals surface area contributed by atoms with Crippen LogP contribution >= 0.6 is 0 Å². The monoisotopic (exact) mass is 346 g/mol. The number of piperidine rings is 1. The van der Waals surface area contributed by atoms with Gasteiger partial charge in [0.2, 0.25) is 5.91 Å². The Bertz CT molecular complexity index is 563. The quantitative estimate of drug-likeness (QED) is 0.612. The summed E-state index contributed by atoms with van der Waals surface area (Å²) in [6.45, 7) is 7.15. The van der Waals surface area contributed by atoms with Gasteiger partial charge in [-0.3, -0.25) is 9.79 Å². The molecule has 0 saturated carbocycles. The number of ether oxygens (including phenoxy) is 1. The highest BCUT2D eigenvalue weighted by molar-refractivity contribution is 5.88. The van der Waals surface area contributed by atoms with E-state index in [1.54, 1.807) is 0 Å². The van der Waals surface area contributed by atoms with Gasteiger partial charge in [0.05, 0.1) is 6.10 Å². The largest absolute Gasteiger partial charge is 0.378 e. The molecule has 1 heterocycles. The highest BCUT2D eigenvalue weighted by Crippen LogP contribution is 2.14. The first-order valence-electron chi connectivity index (χ1n) is 9.06. The molecule has 1 aliphatic rings. The second-order valence-corrected chi connectivity index (χ2v) is 6.24. The van der Waals surface area contributed by atoms with Crippen molar-refractivity contribution in [2.45, 2.75) is 39.2 Å². The molecule has 1 aliphatic heterocycles. The number of guanidine groups is 1. The van der Waals surface area contributed by atoms with Gasteiger partial charge in [0, 0.05) is 45.9 Å². The number of rotatable bonds is 6. The Morgan fingerprint density at radius 2 is 1.96 bits per heavy atom. The van der Waals surface area contributed by atoms with Crippen LogP contribution in [0.15, 0.2) is 29.3 Å². The average molecular weight is 346 g/mol. The fraction of sp³-hybridized carbons (Fsp3) is 0.579. The van der Waals surface area contributed by atoms with Crippen LogP contribution in [0.1, 0.15) is 32.3 Å². The Morgan fingerprint density at radius 1 is 1.28 bits per heavy atom. The van der Waals surface area contributed by atoms with E-state index < -0.39 is 0 Å². The van der Waals surface area contributed by atoms with E-state index in [1.807, 2.05) is 31.3 Å². The number of hydrogen-bond donors (Lipinski definition) is 2. The van der Waals surface area contributed by atoms with Crippen LogP contribution in [0.2, 0.25) is 0 Å². The SMILES string of the molecule is CCOC1CCN(C(=NC)NCCc2ccc(NC(C)=O)cc2)CC1. The molecule has 1 aromatic carbocycles. The Morgan fingerprint density at radius 3 is 2.52 bits per heavy atom. The lowest BCUT2D eigenvalue weighted by atomic mass is 10.1. The minimum atomic E-state index is -0.0497. The third-order valence-electron chi connectivity index (χ3n) is 4.33. The van der Waals surface area contributed by atoms with Gasteiger partial charge in [-0.05, 0) is 43.9 Å². The summed E-state index contributed by atoms with van der Waals surface area (Å²) in [7, 11) is 1.83. The number of aliphatic imine (C=N–C) groups is 1. The maximum Gasteiger partial charge on any atom is 0.221 e. The van der Waals surface area contributed by atoms with Crippen LogP contribution < -0.4 is 10.6 Å². The average Bonchev–Trinajstić information content (AvgIpc) is 2.61. The fourth-order valence-electron chi connectivity index (χ4n) is 3.08. The third-order valence-corrected chi connectivity index (χ3v) is 4.33. The minimum Gasteiger partial charge on any atom is -0.378 e. The summed E-state index contributed by atoms with van der Waals surface area (Å²) in [5.74, 6) is 0.913. The standard InChI is InChI=1S/C19H30N4O2/c1-4-25-18-10-13-23(14-11-18)19(20-3)21-12-9-16-5-7-17(8-6-16)22-15(2)24/h5-8,18H,4,9-14H2,1-3H3,(H,20,21)(H,22,24). The summed E-state index contributed by atoms with van der Waals surface area (Å²) in [4.78, 5) is 17.7. The number of anilines is 1. The highest BCUT2D eigenvalue weighted by atomic mass is 16.5. The molecule has 0 aliphatic carbocycles. The van der Waals surface area contributed by atoms with Crippen molar-refractivity contribution in [1.29, 1.82) is 0 Å². The number of carbonyl (C=O) groups excluding carboxylic acids is 1. The molecule has 138 valence electrons. The zero-order valence-corrected chi connectivity index (χ0v) is 15.5. The van der Waals surface area contributed by atoms with Crippen molar-refractivity contribution in [3.05, 3.63) is 29.8 Å². The van der Waals surface area contributed by atoms with Crippen LogP contribution in [0.4, 0.5) is 5.69 Å². The van der Waals surface area contributed by atoms with Crippen LogP contribution in [0.5, 0.6) is 0 Å². The number of amides is 1. The Kier molecular flexibility index (Phi) is 7.73. The third kappa shape index (κ3) is 6.38. The van der Waals surface area contributed by atoms with Gasteiger partial charge in [-0.25, -0.2) is 0 Å². The molecule has 1 amide bonds. The first-order chi connectivity index (χ1) is 12.1. The molecule has 0 spiro atoms. The van der Waals surface area contributed by atoms with Crippen molar-refractivity contribution < 1.29 is 9.53 Å². The molecule has 0 atom stereocenters. The molecule has 2 rings (SSSR count). The predicted octanol–water partition coefficient (Wildman–Crippen LogP) is 2.26. The lowest BCUT2D eigenvalue weighted by molar-refractivity contribution is -0.114. The number of benzene rings is 1. The van der Waals surface area contributed by atoms with Crippen LogP contribution in [0.25, 0.3) is 0 Å².